The van der Waals surface area contributed by atoms with Gasteiger partial charge in [0.15, 0.2) is 0 Å². The van der Waals surface area contributed by atoms with Gasteiger partial charge in [0.25, 0.3) is 0 Å². The summed E-state index contributed by atoms with van der Waals surface area (Å²) in [6.45, 7) is 0. The standard InChI is InChI=1S/C9H11N3O/c1-12(2)9-6-5-8(13)11-7(6)3-4-10-9/h3-4H,5H2,1-2H3,(H,11,13). The van der Waals surface area contributed by atoms with Gasteiger partial charge in [0.05, 0.1) is 6.42 Å². The molecule has 0 spiro atoms. The van der Waals surface area contributed by atoms with Gasteiger partial charge in [-0.15, -0.1) is 0 Å². The number of hydrogen-bond acceptors (Lipinski definition) is 3. The number of carbonyl (C=O) groups excluding carboxylic acids is 1. The summed E-state index contributed by atoms with van der Waals surface area (Å²) in [7, 11) is 3.84. The van der Waals surface area contributed by atoms with Crippen LogP contribution in [0.1, 0.15) is 5.56 Å². The second-order valence-electron chi connectivity index (χ2n) is 3.28. The van der Waals surface area contributed by atoms with E-state index in [0.29, 0.717) is 6.42 Å². The van der Waals surface area contributed by atoms with Gasteiger partial charge in [0, 0.05) is 31.5 Å². The summed E-state index contributed by atoms with van der Waals surface area (Å²) < 4.78 is 0. The second kappa shape index (κ2) is 2.73. The zero-order valence-electron chi connectivity index (χ0n) is 7.66. The van der Waals surface area contributed by atoms with Gasteiger partial charge in [-0.1, -0.05) is 0 Å². The molecular weight excluding hydrogens is 166 g/mol. The molecule has 0 radical (unpaired) electrons. The van der Waals surface area contributed by atoms with Gasteiger partial charge in [-0.3, -0.25) is 4.79 Å². The highest BCUT2D eigenvalue weighted by Gasteiger charge is 2.21. The fraction of sp³-hybridized carbons (Fsp3) is 0.333. The summed E-state index contributed by atoms with van der Waals surface area (Å²) in [6.07, 6.45) is 2.15. The lowest BCUT2D eigenvalue weighted by Crippen LogP contribution is -2.12. The Morgan fingerprint density at radius 1 is 1.54 bits per heavy atom. The smallest absolute Gasteiger partial charge is 0.229 e. The molecular formula is C9H11N3O. The first-order valence-electron chi connectivity index (χ1n) is 4.13. The number of anilines is 2. The fourth-order valence-corrected chi connectivity index (χ4v) is 1.51. The SMILES string of the molecule is CN(C)c1nccc2c1CC(=O)N2. The minimum atomic E-state index is 0.0473. The van der Waals surface area contributed by atoms with Crippen molar-refractivity contribution in [2.24, 2.45) is 0 Å². The van der Waals surface area contributed by atoms with Gasteiger partial charge in [0.1, 0.15) is 5.82 Å². The van der Waals surface area contributed by atoms with Crippen LogP contribution in [0.2, 0.25) is 0 Å². The fourth-order valence-electron chi connectivity index (χ4n) is 1.51. The molecule has 0 atom stereocenters. The van der Waals surface area contributed by atoms with Crippen molar-refractivity contribution in [3.63, 3.8) is 0 Å². The van der Waals surface area contributed by atoms with E-state index in [1.165, 1.54) is 0 Å². The van der Waals surface area contributed by atoms with Gasteiger partial charge in [-0.25, -0.2) is 4.98 Å². The molecule has 4 heteroatoms. The van der Waals surface area contributed by atoms with Crippen molar-refractivity contribution in [2.75, 3.05) is 24.3 Å². The summed E-state index contributed by atoms with van der Waals surface area (Å²) in [5, 5.41) is 2.79. The van der Waals surface area contributed by atoms with E-state index in [4.69, 9.17) is 0 Å². The van der Waals surface area contributed by atoms with Crippen molar-refractivity contribution in [1.82, 2.24) is 4.98 Å². The van der Waals surface area contributed by atoms with Crippen molar-refractivity contribution in [2.45, 2.75) is 6.42 Å². The van der Waals surface area contributed by atoms with E-state index in [2.05, 4.69) is 10.3 Å². The Bertz CT molecular complexity index is 360. The molecule has 1 aromatic rings. The molecule has 0 unspecified atom stereocenters. The van der Waals surface area contributed by atoms with Crippen LogP contribution in [0.15, 0.2) is 12.3 Å². The Balaban J connectivity index is 2.51. The molecule has 0 aromatic carbocycles. The summed E-state index contributed by atoms with van der Waals surface area (Å²) in [6, 6.07) is 1.83. The van der Waals surface area contributed by atoms with Gasteiger partial charge in [-0.05, 0) is 6.07 Å². The molecule has 1 aliphatic rings. The van der Waals surface area contributed by atoms with Gasteiger partial charge in [0.2, 0.25) is 5.91 Å². The summed E-state index contributed by atoms with van der Waals surface area (Å²) in [5.41, 5.74) is 1.89. The van der Waals surface area contributed by atoms with E-state index in [0.717, 1.165) is 17.1 Å². The summed E-state index contributed by atoms with van der Waals surface area (Å²) in [5.74, 6) is 0.918. The molecule has 1 N–H and O–H groups in total. The number of rotatable bonds is 1. The number of pyridine rings is 1. The number of fused-ring (bicyclic) bond motifs is 1. The molecule has 0 saturated heterocycles. The van der Waals surface area contributed by atoms with E-state index < -0.39 is 0 Å². The lowest BCUT2D eigenvalue weighted by molar-refractivity contribution is -0.115. The van der Waals surface area contributed by atoms with Gasteiger partial charge in [-0.2, -0.15) is 0 Å². The van der Waals surface area contributed by atoms with Crippen molar-refractivity contribution in [3.05, 3.63) is 17.8 Å². The maximum Gasteiger partial charge on any atom is 0.229 e. The first-order chi connectivity index (χ1) is 6.18. The maximum atomic E-state index is 11.1. The minimum absolute atomic E-state index is 0.0473. The molecule has 4 nitrogen and oxygen atoms in total. The first kappa shape index (κ1) is 8.04. The summed E-state index contributed by atoms with van der Waals surface area (Å²) >= 11 is 0. The van der Waals surface area contributed by atoms with Crippen LogP contribution in [-0.2, 0) is 11.2 Å². The average molecular weight is 177 g/mol. The highest BCUT2D eigenvalue weighted by atomic mass is 16.1. The number of nitrogens with one attached hydrogen (secondary N) is 1. The number of amides is 1. The molecule has 0 saturated carbocycles. The maximum absolute atomic E-state index is 11.1. The molecule has 68 valence electrons. The van der Waals surface area contributed by atoms with E-state index in [1.54, 1.807) is 6.20 Å². The first-order valence-corrected chi connectivity index (χ1v) is 4.13. The third-order valence-electron chi connectivity index (χ3n) is 2.07. The molecule has 1 aliphatic heterocycles. The molecule has 0 bridgehead atoms. The molecule has 1 aromatic heterocycles. The Labute approximate surface area is 76.6 Å². The highest BCUT2D eigenvalue weighted by molar-refractivity contribution is 6.00. The molecule has 13 heavy (non-hydrogen) atoms. The lowest BCUT2D eigenvalue weighted by atomic mass is 10.2. The Kier molecular flexibility index (Phi) is 1.69. The van der Waals surface area contributed by atoms with Crippen molar-refractivity contribution in [1.29, 1.82) is 0 Å². The van der Waals surface area contributed by atoms with Crippen LogP contribution in [-0.4, -0.2) is 25.0 Å². The minimum Gasteiger partial charge on any atom is -0.362 e. The van der Waals surface area contributed by atoms with Crippen LogP contribution >= 0.6 is 0 Å². The van der Waals surface area contributed by atoms with Crippen LogP contribution in [0.25, 0.3) is 0 Å². The number of hydrogen-bond donors (Lipinski definition) is 1. The number of aromatic nitrogens is 1. The highest BCUT2D eigenvalue weighted by Crippen LogP contribution is 2.28. The zero-order valence-corrected chi connectivity index (χ0v) is 7.66. The number of nitrogens with zero attached hydrogens (tertiary/aromatic N) is 2. The van der Waals surface area contributed by atoms with Gasteiger partial charge < -0.3 is 10.2 Å². The monoisotopic (exact) mass is 177 g/mol. The third kappa shape index (κ3) is 1.24. The Morgan fingerprint density at radius 2 is 2.31 bits per heavy atom. The van der Waals surface area contributed by atoms with Crippen molar-refractivity contribution < 1.29 is 4.79 Å². The Hall–Kier alpha value is -1.58. The van der Waals surface area contributed by atoms with Crippen molar-refractivity contribution in [3.8, 4) is 0 Å². The van der Waals surface area contributed by atoms with E-state index in [1.807, 2.05) is 25.1 Å². The van der Waals surface area contributed by atoms with Crippen LogP contribution in [0.4, 0.5) is 11.5 Å². The van der Waals surface area contributed by atoms with E-state index >= 15 is 0 Å². The van der Waals surface area contributed by atoms with Crippen molar-refractivity contribution >= 4 is 17.4 Å². The number of carbonyl (C=O) groups is 1. The zero-order chi connectivity index (χ0) is 9.42. The quantitative estimate of drug-likeness (QED) is 0.684. The predicted octanol–water partition coefficient (Wildman–Crippen LogP) is 0.642. The van der Waals surface area contributed by atoms with E-state index in [-0.39, 0.29) is 5.91 Å². The lowest BCUT2D eigenvalue weighted by Gasteiger charge is -2.13. The Morgan fingerprint density at radius 3 is 3.00 bits per heavy atom. The molecule has 0 fully saturated rings. The largest absolute Gasteiger partial charge is 0.362 e. The normalized spacial score (nSPS) is 13.8. The van der Waals surface area contributed by atoms with Crippen LogP contribution in [0.5, 0.6) is 0 Å². The van der Waals surface area contributed by atoms with Gasteiger partial charge >= 0.3 is 0 Å². The third-order valence-corrected chi connectivity index (χ3v) is 2.07. The van der Waals surface area contributed by atoms with Crippen LogP contribution in [0.3, 0.4) is 0 Å². The molecule has 1 amide bonds. The average Bonchev–Trinajstić information content (AvgIpc) is 2.43. The molecule has 0 aliphatic carbocycles. The summed E-state index contributed by atoms with van der Waals surface area (Å²) in [4.78, 5) is 17.3. The molecule has 2 heterocycles. The second-order valence-corrected chi connectivity index (χ2v) is 3.28. The predicted molar refractivity (Wildman–Crippen MR) is 50.9 cm³/mol. The van der Waals surface area contributed by atoms with Crippen LogP contribution in [0, 0.1) is 0 Å². The van der Waals surface area contributed by atoms with E-state index in [9.17, 15) is 4.79 Å². The van der Waals surface area contributed by atoms with Crippen LogP contribution < -0.4 is 10.2 Å². The molecule has 2 rings (SSSR count). The topological polar surface area (TPSA) is 45.2 Å².